The molecule has 27 heavy (non-hydrogen) atoms. The molecule has 0 saturated carbocycles. The van der Waals surface area contributed by atoms with E-state index in [-0.39, 0.29) is 24.2 Å². The molecule has 1 unspecified atom stereocenters. The highest BCUT2D eigenvalue weighted by molar-refractivity contribution is 5.97. The topological polar surface area (TPSA) is 96.5 Å². The van der Waals surface area contributed by atoms with Crippen LogP contribution in [0.1, 0.15) is 12.1 Å². The Hall–Kier alpha value is -3.00. The van der Waals surface area contributed by atoms with E-state index in [0.29, 0.717) is 31.2 Å². The van der Waals surface area contributed by atoms with Gasteiger partial charge < -0.3 is 20.3 Å². The number of ether oxygens (including phenoxy) is 1. The van der Waals surface area contributed by atoms with Gasteiger partial charge in [-0.3, -0.25) is 9.59 Å². The maximum absolute atomic E-state index is 12.4. The largest absolute Gasteiger partial charge is 0.383 e. The Kier molecular flexibility index (Phi) is 5.97. The van der Waals surface area contributed by atoms with E-state index in [1.807, 2.05) is 37.3 Å². The zero-order valence-corrected chi connectivity index (χ0v) is 15.4. The summed E-state index contributed by atoms with van der Waals surface area (Å²) in [6.07, 6.45) is 1.74. The van der Waals surface area contributed by atoms with Crippen LogP contribution < -0.4 is 10.6 Å². The zero-order valence-electron chi connectivity index (χ0n) is 15.4. The Bertz CT molecular complexity index is 809. The van der Waals surface area contributed by atoms with Crippen LogP contribution in [0.15, 0.2) is 36.7 Å². The molecule has 2 amide bonds. The fourth-order valence-electron chi connectivity index (χ4n) is 2.92. The molecule has 1 aromatic heterocycles. The van der Waals surface area contributed by atoms with Gasteiger partial charge in [-0.15, -0.1) is 0 Å². The van der Waals surface area contributed by atoms with Crippen molar-refractivity contribution in [2.24, 2.45) is 5.92 Å². The number of carbonyl (C=O) groups is 2. The van der Waals surface area contributed by atoms with Gasteiger partial charge in [0, 0.05) is 49.8 Å². The average molecular weight is 369 g/mol. The van der Waals surface area contributed by atoms with Crippen LogP contribution in [0.4, 0.5) is 17.2 Å². The molecule has 142 valence electrons. The van der Waals surface area contributed by atoms with Crippen molar-refractivity contribution in [1.29, 1.82) is 0 Å². The Morgan fingerprint density at radius 1 is 1.26 bits per heavy atom. The molecule has 8 nitrogen and oxygen atoms in total. The highest BCUT2D eigenvalue weighted by Gasteiger charge is 2.33. The number of rotatable bonds is 7. The Morgan fingerprint density at radius 2 is 2.00 bits per heavy atom. The van der Waals surface area contributed by atoms with Crippen molar-refractivity contribution in [1.82, 2.24) is 14.9 Å². The lowest BCUT2D eigenvalue weighted by molar-refractivity contribution is -0.128. The van der Waals surface area contributed by atoms with Gasteiger partial charge in [-0.2, -0.15) is 0 Å². The van der Waals surface area contributed by atoms with Gasteiger partial charge in [-0.1, -0.05) is 0 Å². The van der Waals surface area contributed by atoms with Crippen LogP contribution in [0.3, 0.4) is 0 Å². The van der Waals surface area contributed by atoms with Gasteiger partial charge in [0.15, 0.2) is 0 Å². The molecule has 2 N–H and O–H groups in total. The van der Waals surface area contributed by atoms with E-state index in [1.54, 1.807) is 12.0 Å². The standard InChI is InChI=1S/C19H23N5O3/c1-13-9-17(21-12-20-13)22-15-3-5-16(6-4-15)23-19(26)14-10-18(25)24(11-14)7-8-27-2/h3-6,9,12,14H,7-8,10-11H2,1-2H3,(H,23,26)(H,20,21,22). The summed E-state index contributed by atoms with van der Waals surface area (Å²) < 4.78 is 5.00. The summed E-state index contributed by atoms with van der Waals surface area (Å²) in [5.41, 5.74) is 2.42. The van der Waals surface area contributed by atoms with Crippen molar-refractivity contribution in [3.8, 4) is 0 Å². The number of carbonyl (C=O) groups excluding carboxylic acids is 2. The van der Waals surface area contributed by atoms with Crippen LogP contribution in [0.5, 0.6) is 0 Å². The molecule has 2 aromatic rings. The van der Waals surface area contributed by atoms with Gasteiger partial charge in [0.05, 0.1) is 12.5 Å². The summed E-state index contributed by atoms with van der Waals surface area (Å²) >= 11 is 0. The van der Waals surface area contributed by atoms with Gasteiger partial charge in [-0.25, -0.2) is 9.97 Å². The summed E-state index contributed by atoms with van der Waals surface area (Å²) in [4.78, 5) is 34.3. The highest BCUT2D eigenvalue weighted by atomic mass is 16.5. The number of likely N-dealkylation sites (tertiary alicyclic amines) is 1. The van der Waals surface area contributed by atoms with E-state index in [2.05, 4.69) is 20.6 Å². The van der Waals surface area contributed by atoms with Gasteiger partial charge in [-0.05, 0) is 31.2 Å². The number of aromatic nitrogens is 2. The molecule has 1 fully saturated rings. The van der Waals surface area contributed by atoms with E-state index in [4.69, 9.17) is 4.74 Å². The summed E-state index contributed by atoms with van der Waals surface area (Å²) in [5.74, 6) is 0.221. The minimum absolute atomic E-state index is 0.00751. The van der Waals surface area contributed by atoms with Crippen molar-refractivity contribution in [3.05, 3.63) is 42.4 Å². The molecule has 0 spiro atoms. The molecule has 8 heteroatoms. The summed E-state index contributed by atoms with van der Waals surface area (Å²) in [7, 11) is 1.59. The van der Waals surface area contributed by atoms with Crippen LogP contribution in [0.2, 0.25) is 0 Å². The van der Waals surface area contributed by atoms with E-state index in [0.717, 1.165) is 11.4 Å². The third-order valence-corrected chi connectivity index (χ3v) is 4.38. The lowest BCUT2D eigenvalue weighted by Crippen LogP contribution is -2.30. The first kappa shape index (κ1) is 18.8. The third-order valence-electron chi connectivity index (χ3n) is 4.38. The fourth-order valence-corrected chi connectivity index (χ4v) is 2.92. The van der Waals surface area contributed by atoms with Crippen molar-refractivity contribution in [3.63, 3.8) is 0 Å². The number of amides is 2. The van der Waals surface area contributed by atoms with Crippen LogP contribution in [0, 0.1) is 12.8 Å². The molecule has 1 aromatic carbocycles. The smallest absolute Gasteiger partial charge is 0.229 e. The van der Waals surface area contributed by atoms with Crippen LogP contribution in [-0.4, -0.2) is 53.5 Å². The van der Waals surface area contributed by atoms with E-state index in [9.17, 15) is 9.59 Å². The van der Waals surface area contributed by atoms with E-state index >= 15 is 0 Å². The minimum atomic E-state index is -0.337. The number of anilines is 3. The second-order valence-corrected chi connectivity index (χ2v) is 6.47. The van der Waals surface area contributed by atoms with Crippen molar-refractivity contribution in [2.75, 3.05) is 37.4 Å². The second kappa shape index (κ2) is 8.59. The second-order valence-electron chi connectivity index (χ2n) is 6.47. The first-order chi connectivity index (χ1) is 13.0. The molecule has 0 aliphatic carbocycles. The first-order valence-corrected chi connectivity index (χ1v) is 8.78. The molecule has 1 atom stereocenters. The van der Waals surface area contributed by atoms with Crippen molar-refractivity contribution >= 4 is 29.0 Å². The molecule has 1 aliphatic heterocycles. The van der Waals surface area contributed by atoms with Gasteiger partial charge in [0.2, 0.25) is 11.8 Å². The normalized spacial score (nSPS) is 16.4. The number of aryl methyl sites for hydroxylation is 1. The molecule has 2 heterocycles. The Labute approximate surface area is 158 Å². The van der Waals surface area contributed by atoms with Crippen LogP contribution in [0.25, 0.3) is 0 Å². The zero-order chi connectivity index (χ0) is 19.2. The average Bonchev–Trinajstić information content (AvgIpc) is 3.02. The van der Waals surface area contributed by atoms with E-state index < -0.39 is 0 Å². The molecular weight excluding hydrogens is 346 g/mol. The van der Waals surface area contributed by atoms with Crippen LogP contribution >= 0.6 is 0 Å². The molecule has 0 radical (unpaired) electrons. The van der Waals surface area contributed by atoms with Gasteiger partial charge >= 0.3 is 0 Å². The maximum Gasteiger partial charge on any atom is 0.229 e. The SMILES string of the molecule is COCCN1CC(C(=O)Nc2ccc(Nc3cc(C)ncn3)cc2)CC1=O. The monoisotopic (exact) mass is 369 g/mol. The molecule has 3 rings (SSSR count). The Morgan fingerprint density at radius 3 is 2.70 bits per heavy atom. The quantitative estimate of drug-likeness (QED) is 0.774. The lowest BCUT2D eigenvalue weighted by Gasteiger charge is -2.16. The van der Waals surface area contributed by atoms with E-state index in [1.165, 1.54) is 6.33 Å². The molecule has 1 saturated heterocycles. The summed E-state index contributed by atoms with van der Waals surface area (Å²) in [6, 6.07) is 9.19. The first-order valence-electron chi connectivity index (χ1n) is 8.78. The van der Waals surface area contributed by atoms with Crippen molar-refractivity contribution < 1.29 is 14.3 Å². The number of methoxy groups -OCH3 is 1. The Balaban J connectivity index is 1.55. The maximum atomic E-state index is 12.4. The number of hydrogen-bond acceptors (Lipinski definition) is 6. The van der Waals surface area contributed by atoms with Crippen molar-refractivity contribution in [2.45, 2.75) is 13.3 Å². The predicted octanol–water partition coefficient (Wildman–Crippen LogP) is 1.96. The minimum Gasteiger partial charge on any atom is -0.383 e. The summed E-state index contributed by atoms with van der Waals surface area (Å²) in [5, 5.41) is 6.06. The van der Waals surface area contributed by atoms with Crippen LogP contribution in [-0.2, 0) is 14.3 Å². The number of benzene rings is 1. The summed E-state index contributed by atoms with van der Waals surface area (Å²) in [6.45, 7) is 3.32. The fraction of sp³-hybridized carbons (Fsp3) is 0.368. The lowest BCUT2D eigenvalue weighted by atomic mass is 10.1. The number of nitrogens with zero attached hydrogens (tertiary/aromatic N) is 3. The molecule has 0 bridgehead atoms. The number of hydrogen-bond donors (Lipinski definition) is 2. The van der Waals surface area contributed by atoms with Gasteiger partial charge in [0.1, 0.15) is 12.1 Å². The molecule has 1 aliphatic rings. The highest BCUT2D eigenvalue weighted by Crippen LogP contribution is 2.21. The van der Waals surface area contributed by atoms with Gasteiger partial charge in [0.25, 0.3) is 0 Å². The molecular formula is C19H23N5O3. The number of nitrogens with one attached hydrogen (secondary N) is 2. The third kappa shape index (κ3) is 5.01. The predicted molar refractivity (Wildman–Crippen MR) is 102 cm³/mol.